The van der Waals surface area contributed by atoms with Crippen LogP contribution in [0, 0.1) is 6.92 Å². The summed E-state index contributed by atoms with van der Waals surface area (Å²) in [6, 6.07) is 0. The van der Waals surface area contributed by atoms with Gasteiger partial charge < -0.3 is 9.67 Å². The van der Waals surface area contributed by atoms with Gasteiger partial charge in [0.2, 0.25) is 10.0 Å². The second-order valence-corrected chi connectivity index (χ2v) is 7.42. The van der Waals surface area contributed by atoms with Crippen LogP contribution < -0.4 is 0 Å². The SMILES string of the molecule is Cc1csc(C(=O)O)c1S(=O)(=O)N1CCn2cnnc2C1. The van der Waals surface area contributed by atoms with E-state index in [2.05, 4.69) is 10.2 Å². The standard InChI is InChI=1S/C11H12N4O4S2/c1-7-5-20-9(11(16)17)10(7)21(18,19)15-3-2-14-6-12-13-8(14)4-15/h5-6H,2-4H2,1H3,(H,16,17). The zero-order valence-electron chi connectivity index (χ0n) is 11.1. The van der Waals surface area contributed by atoms with Crippen LogP contribution in [-0.2, 0) is 23.1 Å². The Morgan fingerprint density at radius 3 is 2.90 bits per heavy atom. The van der Waals surface area contributed by atoms with Gasteiger partial charge in [-0.1, -0.05) is 0 Å². The van der Waals surface area contributed by atoms with Crippen LogP contribution in [-0.4, -0.2) is 45.1 Å². The van der Waals surface area contributed by atoms with E-state index in [1.807, 2.05) is 0 Å². The molecule has 1 aliphatic heterocycles. The number of thiophene rings is 1. The monoisotopic (exact) mass is 328 g/mol. The van der Waals surface area contributed by atoms with Gasteiger partial charge in [-0.25, -0.2) is 13.2 Å². The fourth-order valence-electron chi connectivity index (χ4n) is 2.28. The molecule has 10 heteroatoms. The molecule has 21 heavy (non-hydrogen) atoms. The number of fused-ring (bicyclic) bond motifs is 1. The lowest BCUT2D eigenvalue weighted by Gasteiger charge is -2.26. The largest absolute Gasteiger partial charge is 0.477 e. The summed E-state index contributed by atoms with van der Waals surface area (Å²) in [6.07, 6.45) is 1.55. The average Bonchev–Trinajstić information content (AvgIpc) is 3.03. The third-order valence-electron chi connectivity index (χ3n) is 3.31. The Hall–Kier alpha value is -1.78. The molecule has 0 aromatic carbocycles. The third-order valence-corrected chi connectivity index (χ3v) is 6.56. The second-order valence-electron chi connectivity index (χ2n) is 4.66. The van der Waals surface area contributed by atoms with Crippen LogP contribution in [0.15, 0.2) is 16.6 Å². The van der Waals surface area contributed by atoms with Gasteiger partial charge in [-0.15, -0.1) is 21.5 Å². The summed E-state index contributed by atoms with van der Waals surface area (Å²) in [7, 11) is -3.86. The third kappa shape index (κ3) is 2.24. The van der Waals surface area contributed by atoms with Gasteiger partial charge in [0.1, 0.15) is 21.9 Å². The molecule has 0 bridgehead atoms. The summed E-state index contributed by atoms with van der Waals surface area (Å²) in [5, 5.41) is 18.3. The number of sulfonamides is 1. The molecule has 0 atom stereocenters. The molecule has 0 amide bonds. The van der Waals surface area contributed by atoms with E-state index in [1.165, 1.54) is 4.31 Å². The lowest BCUT2D eigenvalue weighted by Crippen LogP contribution is -2.38. The fraction of sp³-hybridized carbons (Fsp3) is 0.364. The van der Waals surface area contributed by atoms with Gasteiger partial charge in [0.05, 0.1) is 6.54 Å². The van der Waals surface area contributed by atoms with Crippen LogP contribution in [0.25, 0.3) is 0 Å². The lowest BCUT2D eigenvalue weighted by molar-refractivity contribution is 0.0698. The number of aromatic nitrogens is 3. The highest BCUT2D eigenvalue weighted by atomic mass is 32.2. The number of aryl methyl sites for hydroxylation is 1. The zero-order chi connectivity index (χ0) is 15.2. The van der Waals surface area contributed by atoms with Crippen LogP contribution in [0.3, 0.4) is 0 Å². The average molecular weight is 328 g/mol. The quantitative estimate of drug-likeness (QED) is 0.882. The minimum atomic E-state index is -3.86. The van der Waals surface area contributed by atoms with Crippen molar-refractivity contribution in [3.8, 4) is 0 Å². The van der Waals surface area contributed by atoms with Crippen molar-refractivity contribution in [1.82, 2.24) is 19.1 Å². The topological polar surface area (TPSA) is 105 Å². The molecule has 0 aliphatic carbocycles. The summed E-state index contributed by atoms with van der Waals surface area (Å²) >= 11 is 0.924. The Morgan fingerprint density at radius 1 is 1.43 bits per heavy atom. The van der Waals surface area contributed by atoms with E-state index in [1.54, 1.807) is 23.2 Å². The van der Waals surface area contributed by atoms with Gasteiger partial charge in [-0.3, -0.25) is 0 Å². The molecule has 3 heterocycles. The van der Waals surface area contributed by atoms with Crippen LogP contribution in [0.2, 0.25) is 0 Å². The molecular weight excluding hydrogens is 316 g/mol. The number of aromatic carboxylic acids is 1. The van der Waals surface area contributed by atoms with E-state index in [-0.39, 0.29) is 22.9 Å². The van der Waals surface area contributed by atoms with E-state index in [0.29, 0.717) is 17.9 Å². The normalized spacial score (nSPS) is 15.9. The van der Waals surface area contributed by atoms with Crippen molar-refractivity contribution in [3.05, 3.63) is 28.0 Å². The Balaban J connectivity index is 2.03. The van der Waals surface area contributed by atoms with Crippen molar-refractivity contribution >= 4 is 27.3 Å². The molecule has 112 valence electrons. The van der Waals surface area contributed by atoms with E-state index in [0.717, 1.165) is 11.3 Å². The number of rotatable bonds is 3. The lowest BCUT2D eigenvalue weighted by atomic mass is 10.3. The first kappa shape index (κ1) is 14.2. The Labute approximate surface area is 124 Å². The van der Waals surface area contributed by atoms with Crippen molar-refractivity contribution in [2.45, 2.75) is 24.9 Å². The Kier molecular flexibility index (Phi) is 3.30. The summed E-state index contributed by atoms with van der Waals surface area (Å²) in [4.78, 5) is 11.0. The van der Waals surface area contributed by atoms with Crippen molar-refractivity contribution in [3.63, 3.8) is 0 Å². The van der Waals surface area contributed by atoms with Gasteiger partial charge in [-0.05, 0) is 17.9 Å². The highest BCUT2D eigenvalue weighted by Gasteiger charge is 2.34. The van der Waals surface area contributed by atoms with Crippen molar-refractivity contribution in [2.24, 2.45) is 0 Å². The van der Waals surface area contributed by atoms with Crippen LogP contribution >= 0.6 is 11.3 Å². The molecule has 2 aromatic rings. The maximum atomic E-state index is 12.7. The summed E-state index contributed by atoms with van der Waals surface area (Å²) in [6.45, 7) is 2.41. The highest BCUT2D eigenvalue weighted by Crippen LogP contribution is 2.31. The molecular formula is C11H12N4O4S2. The van der Waals surface area contributed by atoms with Crippen molar-refractivity contribution in [1.29, 1.82) is 0 Å². The molecule has 0 spiro atoms. The first-order valence-electron chi connectivity index (χ1n) is 6.09. The van der Waals surface area contributed by atoms with Gasteiger partial charge in [0.25, 0.3) is 0 Å². The summed E-state index contributed by atoms with van der Waals surface area (Å²) < 4.78 is 28.5. The smallest absolute Gasteiger partial charge is 0.347 e. The van der Waals surface area contributed by atoms with Crippen molar-refractivity contribution in [2.75, 3.05) is 6.54 Å². The minimum absolute atomic E-state index is 0.0939. The number of nitrogens with zero attached hydrogens (tertiary/aromatic N) is 4. The highest BCUT2D eigenvalue weighted by molar-refractivity contribution is 7.89. The van der Waals surface area contributed by atoms with E-state index in [4.69, 9.17) is 5.11 Å². The molecule has 0 unspecified atom stereocenters. The Morgan fingerprint density at radius 2 is 2.19 bits per heavy atom. The summed E-state index contributed by atoms with van der Waals surface area (Å²) in [5.41, 5.74) is 0.449. The predicted molar refractivity (Wildman–Crippen MR) is 73.6 cm³/mol. The molecule has 0 fully saturated rings. The molecule has 0 radical (unpaired) electrons. The minimum Gasteiger partial charge on any atom is -0.477 e. The predicted octanol–water partition coefficient (Wildman–Crippen LogP) is 0.551. The van der Waals surface area contributed by atoms with Gasteiger partial charge in [0.15, 0.2) is 0 Å². The van der Waals surface area contributed by atoms with Crippen LogP contribution in [0.4, 0.5) is 0 Å². The van der Waals surface area contributed by atoms with Crippen LogP contribution in [0.1, 0.15) is 21.1 Å². The maximum Gasteiger partial charge on any atom is 0.347 e. The molecule has 2 aromatic heterocycles. The van der Waals surface area contributed by atoms with E-state index in [9.17, 15) is 13.2 Å². The van der Waals surface area contributed by atoms with Gasteiger partial charge in [-0.2, -0.15) is 4.31 Å². The van der Waals surface area contributed by atoms with Gasteiger partial charge in [0, 0.05) is 13.1 Å². The molecule has 1 aliphatic rings. The number of hydrogen-bond donors (Lipinski definition) is 1. The molecule has 8 nitrogen and oxygen atoms in total. The molecule has 0 saturated carbocycles. The second kappa shape index (κ2) is 4.90. The fourth-order valence-corrected chi connectivity index (χ4v) is 5.25. The molecule has 3 rings (SSSR count). The number of carboxylic acid groups (broad SMARTS) is 1. The number of hydrogen-bond acceptors (Lipinski definition) is 6. The number of carboxylic acids is 1. The zero-order valence-corrected chi connectivity index (χ0v) is 12.7. The van der Waals surface area contributed by atoms with E-state index < -0.39 is 16.0 Å². The van der Waals surface area contributed by atoms with E-state index >= 15 is 0 Å². The first-order valence-corrected chi connectivity index (χ1v) is 8.41. The molecule has 0 saturated heterocycles. The van der Waals surface area contributed by atoms with Crippen LogP contribution in [0.5, 0.6) is 0 Å². The maximum absolute atomic E-state index is 12.7. The molecule has 1 N–H and O–H groups in total. The Bertz CT molecular complexity index is 808. The van der Waals surface area contributed by atoms with Gasteiger partial charge >= 0.3 is 5.97 Å². The first-order chi connectivity index (χ1) is 9.91. The van der Waals surface area contributed by atoms with Crippen molar-refractivity contribution < 1.29 is 18.3 Å². The number of carbonyl (C=O) groups is 1. The summed E-state index contributed by atoms with van der Waals surface area (Å²) in [5.74, 6) is -0.679.